The number of alkyl halides is 2. The van der Waals surface area contributed by atoms with Crippen LogP contribution in [0, 0.1) is 5.92 Å². The van der Waals surface area contributed by atoms with E-state index in [4.69, 9.17) is 27.6 Å². The Kier molecular flexibility index (Phi) is 5.88. The van der Waals surface area contributed by atoms with Gasteiger partial charge in [-0.05, 0) is 21.8 Å². The minimum absolute atomic E-state index is 0.0356. The van der Waals surface area contributed by atoms with Gasteiger partial charge in [0.15, 0.2) is 10.1 Å². The van der Waals surface area contributed by atoms with Gasteiger partial charge in [0, 0.05) is 18.9 Å². The maximum Gasteiger partial charge on any atom is 0.261 e. The molecular formula is C22H26Cl2O2Si. The van der Waals surface area contributed by atoms with E-state index in [-0.39, 0.29) is 16.7 Å². The van der Waals surface area contributed by atoms with Crippen molar-refractivity contribution in [2.24, 2.45) is 5.92 Å². The fourth-order valence-electron chi connectivity index (χ4n) is 3.98. The number of rotatable bonds is 6. The van der Waals surface area contributed by atoms with E-state index in [0.717, 1.165) is 0 Å². The summed E-state index contributed by atoms with van der Waals surface area (Å²) in [5.74, 6) is -0.118. The number of carbonyl (C=O) groups excluding carboxylic acids is 1. The summed E-state index contributed by atoms with van der Waals surface area (Å²) in [4.78, 5) is 11.6. The second kappa shape index (κ2) is 7.71. The summed E-state index contributed by atoms with van der Waals surface area (Å²) < 4.78 is 5.57. The van der Waals surface area contributed by atoms with Crippen LogP contribution in [-0.2, 0) is 9.22 Å². The molecule has 3 rings (SSSR count). The minimum atomic E-state index is -2.54. The molecule has 0 N–H and O–H groups in total. The summed E-state index contributed by atoms with van der Waals surface area (Å²) in [6.45, 7) is 7.28. The van der Waals surface area contributed by atoms with Crippen molar-refractivity contribution in [3.8, 4) is 0 Å². The topological polar surface area (TPSA) is 26.3 Å². The van der Waals surface area contributed by atoms with Crippen LogP contribution in [0.3, 0.4) is 0 Å². The predicted molar refractivity (Wildman–Crippen MR) is 116 cm³/mol. The van der Waals surface area contributed by atoms with Crippen molar-refractivity contribution < 1.29 is 9.22 Å². The van der Waals surface area contributed by atoms with Crippen molar-refractivity contribution in [3.63, 3.8) is 0 Å². The highest BCUT2D eigenvalue weighted by Crippen LogP contribution is 2.46. The van der Waals surface area contributed by atoms with Crippen LogP contribution in [-0.4, -0.2) is 25.0 Å². The van der Waals surface area contributed by atoms with Gasteiger partial charge in [0.2, 0.25) is 0 Å². The predicted octanol–water partition coefficient (Wildman–Crippen LogP) is 4.72. The molecule has 0 heterocycles. The average Bonchev–Trinajstić information content (AvgIpc) is 2.65. The molecule has 1 aliphatic carbocycles. The molecular weight excluding hydrogens is 395 g/mol. The summed E-state index contributed by atoms with van der Waals surface area (Å²) in [5, 5.41) is 2.43. The lowest BCUT2D eigenvalue weighted by atomic mass is 9.80. The van der Waals surface area contributed by atoms with Crippen LogP contribution in [0.25, 0.3) is 0 Å². The van der Waals surface area contributed by atoms with Crippen molar-refractivity contribution in [1.82, 2.24) is 0 Å². The molecule has 5 heteroatoms. The molecule has 0 bridgehead atoms. The number of carbonyl (C=O) groups is 1. The summed E-state index contributed by atoms with van der Waals surface area (Å²) >= 11 is 12.3. The second-order valence-electron chi connectivity index (χ2n) is 8.25. The summed E-state index contributed by atoms with van der Waals surface area (Å²) in [6, 6.07) is 21.0. The Labute approximate surface area is 173 Å². The highest BCUT2D eigenvalue weighted by Gasteiger charge is 2.53. The molecule has 1 atom stereocenters. The van der Waals surface area contributed by atoms with E-state index >= 15 is 0 Å². The summed E-state index contributed by atoms with van der Waals surface area (Å²) in [6.07, 6.45) is 1.13. The Morgan fingerprint density at radius 2 is 1.48 bits per heavy atom. The van der Waals surface area contributed by atoms with E-state index < -0.39 is 12.7 Å². The molecule has 2 aromatic carbocycles. The third-order valence-corrected chi connectivity index (χ3v) is 11.6. The molecule has 1 fully saturated rings. The molecule has 0 amide bonds. The standard InChI is InChI=1S/C22H26Cl2O2Si/c1-21(2,3)27(18-10-6-4-7-11-18,19-12-8-5-9-13-19)26-15-14-17-16-20(25)22(17,23)24/h4-13,17H,14-16H2,1-3H3/t17-/m1/s1. The normalized spacial score (nSPS) is 19.6. The monoisotopic (exact) mass is 420 g/mol. The van der Waals surface area contributed by atoms with Gasteiger partial charge in [-0.1, -0.05) is 105 Å². The molecule has 2 nitrogen and oxygen atoms in total. The molecule has 2 aromatic rings. The van der Waals surface area contributed by atoms with Crippen LogP contribution < -0.4 is 10.4 Å². The third kappa shape index (κ3) is 3.75. The Balaban J connectivity index is 1.94. The number of hydrogen-bond acceptors (Lipinski definition) is 2. The van der Waals surface area contributed by atoms with Crippen LogP contribution in [0.1, 0.15) is 33.6 Å². The summed E-state index contributed by atoms with van der Waals surface area (Å²) in [5.41, 5.74) is 0. The average molecular weight is 421 g/mol. The maximum atomic E-state index is 11.6. The van der Waals surface area contributed by atoms with Gasteiger partial charge in [-0.2, -0.15) is 0 Å². The molecule has 0 aliphatic heterocycles. The van der Waals surface area contributed by atoms with E-state index in [1.54, 1.807) is 0 Å². The number of ketones is 1. The first-order valence-electron chi connectivity index (χ1n) is 9.35. The van der Waals surface area contributed by atoms with Crippen molar-refractivity contribution in [1.29, 1.82) is 0 Å². The Morgan fingerprint density at radius 1 is 1.00 bits per heavy atom. The van der Waals surface area contributed by atoms with Crippen LogP contribution in [0.15, 0.2) is 60.7 Å². The van der Waals surface area contributed by atoms with Crippen molar-refractivity contribution >= 4 is 47.7 Å². The van der Waals surface area contributed by atoms with Gasteiger partial charge < -0.3 is 4.43 Å². The van der Waals surface area contributed by atoms with E-state index in [9.17, 15) is 4.79 Å². The highest BCUT2D eigenvalue weighted by atomic mass is 35.5. The minimum Gasteiger partial charge on any atom is -0.407 e. The van der Waals surface area contributed by atoms with Crippen LogP contribution >= 0.6 is 23.2 Å². The van der Waals surface area contributed by atoms with Gasteiger partial charge in [0.1, 0.15) is 0 Å². The van der Waals surface area contributed by atoms with Crippen molar-refractivity contribution in [3.05, 3.63) is 60.7 Å². The Hall–Kier alpha value is -1.13. The van der Waals surface area contributed by atoms with Gasteiger partial charge in [-0.25, -0.2) is 0 Å². The zero-order valence-electron chi connectivity index (χ0n) is 16.0. The first-order chi connectivity index (χ1) is 12.7. The number of benzene rings is 2. The lowest BCUT2D eigenvalue weighted by Crippen LogP contribution is -2.66. The van der Waals surface area contributed by atoms with Gasteiger partial charge in [-0.15, -0.1) is 0 Å². The lowest BCUT2D eigenvalue weighted by molar-refractivity contribution is -0.128. The Morgan fingerprint density at radius 3 is 1.85 bits per heavy atom. The molecule has 0 radical (unpaired) electrons. The molecule has 27 heavy (non-hydrogen) atoms. The van der Waals surface area contributed by atoms with Crippen molar-refractivity contribution in [2.75, 3.05) is 6.61 Å². The van der Waals surface area contributed by atoms with Crippen molar-refractivity contribution in [2.45, 2.75) is 43.0 Å². The first-order valence-corrected chi connectivity index (χ1v) is 12.0. The lowest BCUT2D eigenvalue weighted by Gasteiger charge is -2.44. The fourth-order valence-corrected chi connectivity index (χ4v) is 9.09. The second-order valence-corrected chi connectivity index (χ2v) is 13.9. The largest absolute Gasteiger partial charge is 0.407 e. The van der Waals surface area contributed by atoms with Gasteiger partial charge in [0.25, 0.3) is 8.32 Å². The van der Waals surface area contributed by atoms with E-state index in [0.29, 0.717) is 19.4 Å². The Bertz CT molecular complexity index is 745. The molecule has 0 aromatic heterocycles. The third-order valence-electron chi connectivity index (χ3n) is 5.52. The van der Waals surface area contributed by atoms with E-state index in [1.807, 2.05) is 12.1 Å². The zero-order valence-corrected chi connectivity index (χ0v) is 18.6. The van der Waals surface area contributed by atoms with Gasteiger partial charge in [-0.3, -0.25) is 4.79 Å². The molecule has 0 unspecified atom stereocenters. The quantitative estimate of drug-likeness (QED) is 0.499. The molecule has 0 saturated heterocycles. The fraction of sp³-hybridized carbons (Fsp3) is 0.409. The smallest absolute Gasteiger partial charge is 0.261 e. The number of halogens is 2. The zero-order chi connectivity index (χ0) is 19.7. The van der Waals surface area contributed by atoms with Gasteiger partial charge >= 0.3 is 0 Å². The van der Waals surface area contributed by atoms with E-state index in [1.165, 1.54) is 10.4 Å². The molecule has 1 aliphatic rings. The molecule has 1 saturated carbocycles. The highest BCUT2D eigenvalue weighted by molar-refractivity contribution is 6.99. The van der Waals surface area contributed by atoms with Crippen LogP contribution in [0.4, 0.5) is 0 Å². The number of Topliss-reactive ketones (excluding diaryl/α,β-unsaturated/α-hetero) is 1. The van der Waals surface area contributed by atoms with E-state index in [2.05, 4.69) is 69.3 Å². The number of hydrogen-bond donors (Lipinski definition) is 0. The molecule has 0 spiro atoms. The molecule has 144 valence electrons. The van der Waals surface area contributed by atoms with Crippen LogP contribution in [0.5, 0.6) is 0 Å². The maximum absolute atomic E-state index is 11.6. The summed E-state index contributed by atoms with van der Waals surface area (Å²) in [7, 11) is -2.54. The SMILES string of the molecule is CC(C)(C)[Si](OCC[C@@H]1CC(=O)C1(Cl)Cl)(c1ccccc1)c1ccccc1. The van der Waals surface area contributed by atoms with Crippen LogP contribution in [0.2, 0.25) is 5.04 Å². The van der Waals surface area contributed by atoms with Gasteiger partial charge in [0.05, 0.1) is 0 Å². The first kappa shape index (κ1) is 20.6.